The Morgan fingerprint density at radius 2 is 1.95 bits per heavy atom. The van der Waals surface area contributed by atoms with E-state index in [-0.39, 0.29) is 0 Å². The van der Waals surface area contributed by atoms with Crippen molar-refractivity contribution in [1.82, 2.24) is 15.2 Å². The first-order valence-corrected chi connectivity index (χ1v) is 8.37. The van der Waals surface area contributed by atoms with Crippen molar-refractivity contribution in [1.29, 1.82) is 0 Å². The Hall–Kier alpha value is -1.13. The molecule has 0 amide bonds. The van der Waals surface area contributed by atoms with Gasteiger partial charge in [-0.05, 0) is 44.4 Å². The van der Waals surface area contributed by atoms with Crippen molar-refractivity contribution < 1.29 is 0 Å². The summed E-state index contributed by atoms with van der Waals surface area (Å²) in [5, 5.41) is 3.66. The lowest BCUT2D eigenvalue weighted by Gasteiger charge is -2.40. The molecule has 1 aliphatic carbocycles. The van der Waals surface area contributed by atoms with E-state index in [1.54, 1.807) is 0 Å². The van der Waals surface area contributed by atoms with E-state index in [4.69, 9.17) is 0 Å². The fourth-order valence-electron chi connectivity index (χ4n) is 3.07. The van der Waals surface area contributed by atoms with Crippen molar-refractivity contribution in [3.63, 3.8) is 0 Å². The molecule has 21 heavy (non-hydrogen) atoms. The summed E-state index contributed by atoms with van der Waals surface area (Å²) >= 11 is 0. The molecule has 2 heterocycles. The quantitative estimate of drug-likeness (QED) is 0.867. The van der Waals surface area contributed by atoms with Crippen molar-refractivity contribution in [2.45, 2.75) is 38.8 Å². The summed E-state index contributed by atoms with van der Waals surface area (Å²) in [6.07, 6.45) is 4.64. The van der Waals surface area contributed by atoms with Crippen LogP contribution in [0.3, 0.4) is 0 Å². The fourth-order valence-corrected chi connectivity index (χ4v) is 3.07. The van der Waals surface area contributed by atoms with Crippen LogP contribution in [0, 0.1) is 5.92 Å². The second kappa shape index (κ2) is 6.75. The van der Waals surface area contributed by atoms with E-state index in [9.17, 15) is 0 Å². The monoisotopic (exact) mass is 288 g/mol. The number of piperazine rings is 1. The molecule has 0 radical (unpaired) electrons. The zero-order chi connectivity index (χ0) is 14.7. The van der Waals surface area contributed by atoms with Crippen LogP contribution in [0.2, 0.25) is 0 Å². The Labute approximate surface area is 128 Å². The molecule has 2 unspecified atom stereocenters. The maximum Gasteiger partial charge on any atom is 0.128 e. The molecule has 2 fully saturated rings. The van der Waals surface area contributed by atoms with E-state index >= 15 is 0 Å². The lowest BCUT2D eigenvalue weighted by molar-refractivity contribution is 0.150. The topological polar surface area (TPSA) is 31.4 Å². The van der Waals surface area contributed by atoms with Crippen LogP contribution in [0.15, 0.2) is 24.4 Å². The van der Waals surface area contributed by atoms with Crippen LogP contribution >= 0.6 is 0 Å². The standard InChI is InChI=1S/C17H28N4/c1-14(13-19-16-6-7-16)15(2)20-9-11-21(12-10-20)17-5-3-4-8-18-17/h3-5,8,14-16,19H,6-7,9-13H2,1-2H3. The lowest BCUT2D eigenvalue weighted by atomic mass is 10.0. The van der Waals surface area contributed by atoms with E-state index in [1.807, 2.05) is 12.3 Å². The Morgan fingerprint density at radius 1 is 1.19 bits per heavy atom. The number of aromatic nitrogens is 1. The number of nitrogens with zero attached hydrogens (tertiary/aromatic N) is 3. The first-order valence-electron chi connectivity index (χ1n) is 8.37. The molecule has 1 aromatic rings. The Morgan fingerprint density at radius 3 is 2.57 bits per heavy atom. The summed E-state index contributed by atoms with van der Waals surface area (Å²) < 4.78 is 0. The highest BCUT2D eigenvalue weighted by atomic mass is 15.3. The van der Waals surface area contributed by atoms with Gasteiger partial charge in [0, 0.05) is 44.5 Å². The van der Waals surface area contributed by atoms with E-state index in [1.165, 1.54) is 12.8 Å². The number of anilines is 1. The number of hydrogen-bond acceptors (Lipinski definition) is 4. The molecule has 1 saturated carbocycles. The van der Waals surface area contributed by atoms with Gasteiger partial charge in [0.2, 0.25) is 0 Å². The second-order valence-electron chi connectivity index (χ2n) is 6.61. The molecule has 0 spiro atoms. The number of nitrogens with one attached hydrogen (secondary N) is 1. The highest BCUT2D eigenvalue weighted by molar-refractivity contribution is 5.38. The molecule has 2 atom stereocenters. The third-order valence-corrected chi connectivity index (χ3v) is 4.99. The van der Waals surface area contributed by atoms with Crippen LogP contribution in [0.1, 0.15) is 26.7 Å². The van der Waals surface area contributed by atoms with Gasteiger partial charge in [0.1, 0.15) is 5.82 Å². The summed E-state index contributed by atoms with van der Waals surface area (Å²) in [7, 11) is 0. The normalized spacial score (nSPS) is 23.0. The Kier molecular flexibility index (Phi) is 4.76. The molecule has 0 aromatic carbocycles. The van der Waals surface area contributed by atoms with E-state index in [2.05, 4.69) is 46.1 Å². The minimum absolute atomic E-state index is 0.655. The van der Waals surface area contributed by atoms with Crippen LogP contribution in [0.5, 0.6) is 0 Å². The predicted octanol–water partition coefficient (Wildman–Crippen LogP) is 1.98. The summed E-state index contributed by atoms with van der Waals surface area (Å²) in [6, 6.07) is 7.64. The van der Waals surface area contributed by atoms with Gasteiger partial charge in [-0.3, -0.25) is 4.90 Å². The highest BCUT2D eigenvalue weighted by Crippen LogP contribution is 2.21. The summed E-state index contributed by atoms with van der Waals surface area (Å²) in [5.74, 6) is 1.83. The maximum atomic E-state index is 4.46. The summed E-state index contributed by atoms with van der Waals surface area (Å²) in [6.45, 7) is 10.4. The van der Waals surface area contributed by atoms with Crippen molar-refractivity contribution >= 4 is 5.82 Å². The fraction of sp³-hybridized carbons (Fsp3) is 0.706. The van der Waals surface area contributed by atoms with Crippen LogP contribution in [0.25, 0.3) is 0 Å². The Balaban J connectivity index is 1.45. The zero-order valence-electron chi connectivity index (χ0n) is 13.3. The molecule has 0 bridgehead atoms. The molecule has 1 saturated heterocycles. The number of hydrogen-bond donors (Lipinski definition) is 1. The van der Waals surface area contributed by atoms with Gasteiger partial charge in [-0.1, -0.05) is 13.0 Å². The van der Waals surface area contributed by atoms with Crippen LogP contribution < -0.4 is 10.2 Å². The molecule has 116 valence electrons. The van der Waals surface area contributed by atoms with Gasteiger partial charge in [-0.25, -0.2) is 4.98 Å². The molecule has 1 N–H and O–H groups in total. The first kappa shape index (κ1) is 14.8. The maximum absolute atomic E-state index is 4.46. The largest absolute Gasteiger partial charge is 0.354 e. The SMILES string of the molecule is CC(CNC1CC1)C(C)N1CCN(c2ccccn2)CC1. The van der Waals surface area contributed by atoms with Gasteiger partial charge in [0.15, 0.2) is 0 Å². The summed E-state index contributed by atoms with van der Waals surface area (Å²) in [4.78, 5) is 9.50. The van der Waals surface area contributed by atoms with Crippen LogP contribution in [-0.4, -0.2) is 54.7 Å². The third kappa shape index (κ3) is 3.95. The molecule has 4 heteroatoms. The predicted molar refractivity (Wildman–Crippen MR) is 87.7 cm³/mol. The van der Waals surface area contributed by atoms with Crippen molar-refractivity contribution in [2.24, 2.45) is 5.92 Å². The minimum atomic E-state index is 0.655. The van der Waals surface area contributed by atoms with Gasteiger partial charge in [-0.15, -0.1) is 0 Å². The van der Waals surface area contributed by atoms with Gasteiger partial charge in [0.25, 0.3) is 0 Å². The average Bonchev–Trinajstić information content (AvgIpc) is 3.37. The molecule has 1 aliphatic heterocycles. The number of rotatable bonds is 6. The van der Waals surface area contributed by atoms with Crippen molar-refractivity contribution in [2.75, 3.05) is 37.6 Å². The molecule has 1 aromatic heterocycles. The van der Waals surface area contributed by atoms with E-state index in [0.29, 0.717) is 12.0 Å². The van der Waals surface area contributed by atoms with Crippen LogP contribution in [-0.2, 0) is 0 Å². The van der Waals surface area contributed by atoms with E-state index < -0.39 is 0 Å². The lowest BCUT2D eigenvalue weighted by Crippen LogP contribution is -2.52. The molecule has 4 nitrogen and oxygen atoms in total. The Bertz CT molecular complexity index is 424. The first-order chi connectivity index (χ1) is 10.2. The van der Waals surface area contributed by atoms with Crippen molar-refractivity contribution in [3.8, 4) is 0 Å². The average molecular weight is 288 g/mol. The number of pyridine rings is 1. The molecular weight excluding hydrogens is 260 g/mol. The second-order valence-corrected chi connectivity index (χ2v) is 6.61. The minimum Gasteiger partial charge on any atom is -0.354 e. The molecule has 3 rings (SSSR count). The smallest absolute Gasteiger partial charge is 0.128 e. The third-order valence-electron chi connectivity index (χ3n) is 4.99. The van der Waals surface area contributed by atoms with Gasteiger partial charge < -0.3 is 10.2 Å². The van der Waals surface area contributed by atoms with Crippen molar-refractivity contribution in [3.05, 3.63) is 24.4 Å². The summed E-state index contributed by atoms with van der Waals surface area (Å²) in [5.41, 5.74) is 0. The highest BCUT2D eigenvalue weighted by Gasteiger charge is 2.27. The van der Waals surface area contributed by atoms with Crippen LogP contribution in [0.4, 0.5) is 5.82 Å². The van der Waals surface area contributed by atoms with Gasteiger partial charge in [0.05, 0.1) is 0 Å². The van der Waals surface area contributed by atoms with E-state index in [0.717, 1.165) is 44.6 Å². The van der Waals surface area contributed by atoms with Gasteiger partial charge in [-0.2, -0.15) is 0 Å². The molecular formula is C17H28N4. The van der Waals surface area contributed by atoms with Gasteiger partial charge >= 0.3 is 0 Å². The molecule has 2 aliphatic rings. The zero-order valence-corrected chi connectivity index (χ0v) is 13.3.